The Morgan fingerprint density at radius 1 is 1.47 bits per heavy atom. The van der Waals surface area contributed by atoms with Gasteiger partial charge in [-0.05, 0) is 20.8 Å². The molecule has 15 heavy (non-hydrogen) atoms. The van der Waals surface area contributed by atoms with Crippen LogP contribution in [0.15, 0.2) is 15.8 Å². The molecule has 0 unspecified atom stereocenters. The number of aromatic amines is 1. The van der Waals surface area contributed by atoms with E-state index in [1.165, 1.54) is 0 Å². The second kappa shape index (κ2) is 3.98. The van der Waals surface area contributed by atoms with Crippen LogP contribution < -0.4 is 11.2 Å². The fourth-order valence-corrected chi connectivity index (χ4v) is 0.842. The van der Waals surface area contributed by atoms with Gasteiger partial charge in [0.15, 0.2) is 0 Å². The van der Waals surface area contributed by atoms with Crippen LogP contribution in [-0.2, 0) is 11.5 Å². The molecular formula is C9H13FN2O3. The minimum atomic E-state index is -1.02. The van der Waals surface area contributed by atoms with Crippen molar-refractivity contribution in [3.8, 4) is 0 Å². The van der Waals surface area contributed by atoms with E-state index >= 15 is 0 Å². The molecule has 5 nitrogen and oxygen atoms in total. The van der Waals surface area contributed by atoms with Crippen molar-refractivity contribution < 1.29 is 9.13 Å². The zero-order valence-electron chi connectivity index (χ0n) is 8.83. The standard InChI is InChI=1S/C9H13FN2O3/c1-9(2,3)15-5-12-4-6(10)7(13)11-8(12)14/h4H,5H2,1-3H3,(H,11,13,14). The van der Waals surface area contributed by atoms with Crippen molar-refractivity contribution in [2.45, 2.75) is 33.1 Å². The number of nitrogens with one attached hydrogen (secondary N) is 1. The summed E-state index contributed by atoms with van der Waals surface area (Å²) in [5.41, 5.74) is -2.15. The molecule has 0 fully saturated rings. The van der Waals surface area contributed by atoms with Crippen LogP contribution in [0.5, 0.6) is 0 Å². The molecule has 1 N–H and O–H groups in total. The fraction of sp³-hybridized carbons (Fsp3) is 0.556. The molecule has 0 saturated heterocycles. The van der Waals surface area contributed by atoms with Crippen LogP contribution in [0.2, 0.25) is 0 Å². The molecule has 1 rings (SSSR count). The average molecular weight is 216 g/mol. The number of ether oxygens (including phenoxy) is 1. The van der Waals surface area contributed by atoms with Crippen LogP contribution in [-0.4, -0.2) is 15.2 Å². The van der Waals surface area contributed by atoms with Gasteiger partial charge >= 0.3 is 5.69 Å². The molecule has 0 radical (unpaired) electrons. The summed E-state index contributed by atoms with van der Waals surface area (Å²) in [5.74, 6) is -1.01. The van der Waals surface area contributed by atoms with E-state index in [-0.39, 0.29) is 6.73 Å². The Morgan fingerprint density at radius 2 is 2.07 bits per heavy atom. The Morgan fingerprint density at radius 3 is 2.60 bits per heavy atom. The van der Waals surface area contributed by atoms with E-state index in [2.05, 4.69) is 0 Å². The van der Waals surface area contributed by atoms with Gasteiger partial charge in [-0.3, -0.25) is 14.3 Å². The maximum atomic E-state index is 12.8. The van der Waals surface area contributed by atoms with Crippen molar-refractivity contribution in [2.24, 2.45) is 0 Å². The topological polar surface area (TPSA) is 64.1 Å². The van der Waals surface area contributed by atoms with Crippen molar-refractivity contribution in [3.63, 3.8) is 0 Å². The summed E-state index contributed by atoms with van der Waals surface area (Å²) in [6, 6.07) is 0. The molecule has 0 aliphatic rings. The average Bonchev–Trinajstić information content (AvgIpc) is 2.07. The van der Waals surface area contributed by atoms with Gasteiger partial charge in [-0.2, -0.15) is 4.39 Å². The summed E-state index contributed by atoms with van der Waals surface area (Å²) in [6.07, 6.45) is 0.826. The Balaban J connectivity index is 2.92. The third-order valence-electron chi connectivity index (χ3n) is 1.60. The van der Waals surface area contributed by atoms with E-state index in [9.17, 15) is 14.0 Å². The number of rotatable bonds is 2. The van der Waals surface area contributed by atoms with Gasteiger partial charge in [-0.15, -0.1) is 0 Å². The molecule has 0 amide bonds. The number of hydrogen-bond acceptors (Lipinski definition) is 3. The quantitative estimate of drug-likeness (QED) is 0.780. The lowest BCUT2D eigenvalue weighted by Crippen LogP contribution is -2.33. The highest BCUT2D eigenvalue weighted by atomic mass is 19.1. The highest BCUT2D eigenvalue weighted by Crippen LogP contribution is 2.06. The highest BCUT2D eigenvalue weighted by molar-refractivity contribution is 4.86. The van der Waals surface area contributed by atoms with E-state index in [1.807, 2.05) is 4.98 Å². The molecule has 0 saturated carbocycles. The van der Waals surface area contributed by atoms with E-state index in [4.69, 9.17) is 4.74 Å². The molecule has 0 bridgehead atoms. The third-order valence-corrected chi connectivity index (χ3v) is 1.60. The van der Waals surface area contributed by atoms with Gasteiger partial charge in [0.05, 0.1) is 11.8 Å². The van der Waals surface area contributed by atoms with Crippen LogP contribution in [0.4, 0.5) is 4.39 Å². The molecule has 0 aliphatic heterocycles. The lowest BCUT2D eigenvalue weighted by atomic mass is 10.2. The van der Waals surface area contributed by atoms with Crippen LogP contribution in [0.25, 0.3) is 0 Å². The SMILES string of the molecule is CC(C)(C)OCn1cc(F)c(=O)[nH]c1=O. The molecule has 0 aromatic carbocycles. The first-order chi connectivity index (χ1) is 6.79. The first kappa shape index (κ1) is 11.6. The molecule has 6 heteroatoms. The predicted octanol–water partition coefficient (Wildman–Crippen LogP) is 0.448. The Hall–Kier alpha value is -1.43. The van der Waals surface area contributed by atoms with Gasteiger partial charge < -0.3 is 4.74 Å². The molecule has 0 aliphatic carbocycles. The molecule has 84 valence electrons. The first-order valence-electron chi connectivity index (χ1n) is 4.43. The first-order valence-corrected chi connectivity index (χ1v) is 4.43. The third kappa shape index (κ3) is 3.32. The maximum Gasteiger partial charge on any atom is 0.330 e. The van der Waals surface area contributed by atoms with Gasteiger partial charge in [-0.25, -0.2) is 4.79 Å². The Kier molecular flexibility index (Phi) is 3.09. The van der Waals surface area contributed by atoms with Crippen LogP contribution in [0, 0.1) is 5.82 Å². The maximum absolute atomic E-state index is 12.8. The molecular weight excluding hydrogens is 203 g/mol. The van der Waals surface area contributed by atoms with Gasteiger partial charge in [0, 0.05) is 0 Å². The summed E-state index contributed by atoms with van der Waals surface area (Å²) in [4.78, 5) is 23.7. The summed E-state index contributed by atoms with van der Waals surface area (Å²) < 4.78 is 19.0. The molecule has 0 atom stereocenters. The van der Waals surface area contributed by atoms with Crippen molar-refractivity contribution in [1.29, 1.82) is 0 Å². The van der Waals surface area contributed by atoms with Crippen LogP contribution >= 0.6 is 0 Å². The lowest BCUT2D eigenvalue weighted by Gasteiger charge is -2.19. The minimum Gasteiger partial charge on any atom is -0.355 e. The largest absolute Gasteiger partial charge is 0.355 e. The van der Waals surface area contributed by atoms with E-state index in [0.29, 0.717) is 0 Å². The monoisotopic (exact) mass is 216 g/mol. The summed E-state index contributed by atoms with van der Waals surface area (Å²) in [6.45, 7) is 5.32. The van der Waals surface area contributed by atoms with Crippen LogP contribution in [0.1, 0.15) is 20.8 Å². The lowest BCUT2D eigenvalue weighted by molar-refractivity contribution is -0.0454. The Bertz CT molecular complexity index is 456. The van der Waals surface area contributed by atoms with Gasteiger partial charge in [0.1, 0.15) is 6.73 Å². The predicted molar refractivity (Wildman–Crippen MR) is 52.1 cm³/mol. The van der Waals surface area contributed by atoms with Crippen molar-refractivity contribution in [2.75, 3.05) is 0 Å². The zero-order chi connectivity index (χ0) is 11.6. The van der Waals surface area contributed by atoms with E-state index in [1.54, 1.807) is 20.8 Å². The smallest absolute Gasteiger partial charge is 0.330 e. The number of nitrogens with zero attached hydrogens (tertiary/aromatic N) is 1. The zero-order valence-corrected chi connectivity index (χ0v) is 8.83. The van der Waals surface area contributed by atoms with Crippen molar-refractivity contribution >= 4 is 0 Å². The number of H-pyrrole nitrogens is 1. The summed E-state index contributed by atoms with van der Waals surface area (Å²) in [7, 11) is 0. The van der Waals surface area contributed by atoms with Gasteiger partial charge in [-0.1, -0.05) is 0 Å². The Labute approximate surface area is 85.5 Å². The normalized spacial score (nSPS) is 11.7. The summed E-state index contributed by atoms with van der Waals surface area (Å²) in [5, 5.41) is 0. The molecule has 1 aromatic heterocycles. The van der Waals surface area contributed by atoms with Crippen LogP contribution in [0.3, 0.4) is 0 Å². The molecule has 1 heterocycles. The summed E-state index contributed by atoms with van der Waals surface area (Å²) >= 11 is 0. The second-order valence-electron chi connectivity index (χ2n) is 4.09. The fourth-order valence-electron chi connectivity index (χ4n) is 0.842. The number of aromatic nitrogens is 2. The molecule has 1 aromatic rings. The highest BCUT2D eigenvalue weighted by Gasteiger charge is 2.11. The number of halogens is 1. The molecule has 0 spiro atoms. The minimum absolute atomic E-state index is 0.101. The van der Waals surface area contributed by atoms with Gasteiger partial charge in [0.25, 0.3) is 5.56 Å². The second-order valence-corrected chi connectivity index (χ2v) is 4.09. The van der Waals surface area contributed by atoms with Crippen molar-refractivity contribution in [3.05, 3.63) is 32.9 Å². The van der Waals surface area contributed by atoms with Gasteiger partial charge in [0.2, 0.25) is 5.82 Å². The van der Waals surface area contributed by atoms with Crippen molar-refractivity contribution in [1.82, 2.24) is 9.55 Å². The van der Waals surface area contributed by atoms with E-state index in [0.717, 1.165) is 10.8 Å². The van der Waals surface area contributed by atoms with E-state index < -0.39 is 22.7 Å². The number of hydrogen-bond donors (Lipinski definition) is 1.